The molecule has 1 N–H and O–H groups in total. The molecule has 0 bridgehead atoms. The number of carbonyl (C=O) groups excluding carboxylic acids is 1. The molecule has 1 aromatic carbocycles. The highest BCUT2D eigenvalue weighted by Crippen LogP contribution is 2.28. The number of methoxy groups -OCH3 is 1. The molecule has 0 spiro atoms. The first-order valence-corrected chi connectivity index (χ1v) is 8.67. The van der Waals surface area contributed by atoms with E-state index in [1.54, 1.807) is 19.1 Å². The van der Waals surface area contributed by atoms with E-state index < -0.39 is 16.9 Å². The molecule has 0 amide bonds. The summed E-state index contributed by atoms with van der Waals surface area (Å²) in [5.41, 5.74) is -0.154. The Morgan fingerprint density at radius 1 is 1.28 bits per heavy atom. The van der Waals surface area contributed by atoms with Gasteiger partial charge in [-0.2, -0.15) is 0 Å². The molecule has 0 saturated carbocycles. The van der Waals surface area contributed by atoms with Crippen LogP contribution in [0.4, 0.5) is 0 Å². The van der Waals surface area contributed by atoms with Crippen LogP contribution >= 0.6 is 11.6 Å². The van der Waals surface area contributed by atoms with E-state index in [4.69, 9.17) is 16.3 Å². The number of allylic oxidation sites excluding steroid dienone is 2. The largest absolute Gasteiger partial charge is 0.466 e. The molecule has 0 aliphatic carbocycles. The van der Waals surface area contributed by atoms with Gasteiger partial charge in [-0.3, -0.25) is 0 Å². The van der Waals surface area contributed by atoms with E-state index in [0.717, 1.165) is 5.56 Å². The van der Waals surface area contributed by atoms with E-state index >= 15 is 0 Å². The van der Waals surface area contributed by atoms with Gasteiger partial charge in [0, 0.05) is 12.0 Å². The summed E-state index contributed by atoms with van der Waals surface area (Å²) in [5, 5.41) is 10.0. The summed E-state index contributed by atoms with van der Waals surface area (Å²) < 4.78 is 10.4. The van der Waals surface area contributed by atoms with Crippen LogP contribution in [0.5, 0.6) is 0 Å². The topological polar surface area (TPSA) is 55.8 Å². The lowest BCUT2D eigenvalue weighted by Crippen LogP contribution is -2.42. The molecule has 0 radical (unpaired) electrons. The van der Waals surface area contributed by atoms with Crippen LogP contribution in [-0.2, 0) is 20.9 Å². The van der Waals surface area contributed by atoms with Crippen molar-refractivity contribution in [2.45, 2.75) is 44.5 Å². The van der Waals surface area contributed by atoms with Crippen LogP contribution in [0.15, 0.2) is 54.6 Å². The Labute approximate surface area is 155 Å². The summed E-state index contributed by atoms with van der Waals surface area (Å²) in [7, 11) is 1.31. The van der Waals surface area contributed by atoms with Crippen molar-refractivity contribution in [2.75, 3.05) is 7.11 Å². The molecule has 4 atom stereocenters. The molecule has 25 heavy (non-hydrogen) atoms. The van der Waals surface area contributed by atoms with Crippen molar-refractivity contribution in [3.8, 4) is 0 Å². The van der Waals surface area contributed by atoms with Crippen molar-refractivity contribution in [3.05, 3.63) is 60.2 Å². The van der Waals surface area contributed by atoms with Gasteiger partial charge in [0.05, 0.1) is 30.8 Å². The summed E-state index contributed by atoms with van der Waals surface area (Å²) in [5.74, 6) is -0.544. The van der Waals surface area contributed by atoms with Crippen LogP contribution < -0.4 is 0 Å². The highest BCUT2D eigenvalue weighted by molar-refractivity contribution is 6.21. The molecular weight excluding hydrogens is 340 g/mol. The van der Waals surface area contributed by atoms with Crippen molar-refractivity contribution < 1.29 is 19.4 Å². The zero-order chi connectivity index (χ0) is 18.9. The zero-order valence-corrected chi connectivity index (χ0v) is 15.9. The third-order valence-electron chi connectivity index (χ3n) is 4.09. The van der Waals surface area contributed by atoms with Gasteiger partial charge in [-0.25, -0.2) is 4.79 Å². The van der Waals surface area contributed by atoms with Gasteiger partial charge < -0.3 is 14.6 Å². The Hall–Kier alpha value is -1.62. The van der Waals surface area contributed by atoms with E-state index in [0.29, 0.717) is 6.61 Å². The van der Waals surface area contributed by atoms with Gasteiger partial charge in [0.15, 0.2) is 0 Å². The van der Waals surface area contributed by atoms with Crippen LogP contribution in [0.1, 0.15) is 26.3 Å². The number of carbonyl (C=O) groups is 1. The van der Waals surface area contributed by atoms with Gasteiger partial charge >= 0.3 is 5.97 Å². The minimum atomic E-state index is -1.24. The molecule has 1 aromatic rings. The molecule has 0 aliphatic heterocycles. The average molecular weight is 367 g/mol. The molecule has 0 unspecified atom stereocenters. The minimum absolute atomic E-state index is 0.0883. The Bertz CT molecular complexity index is 581. The van der Waals surface area contributed by atoms with Crippen LogP contribution in [0.3, 0.4) is 0 Å². The number of hydrogen-bond acceptors (Lipinski definition) is 4. The minimum Gasteiger partial charge on any atom is -0.466 e. The highest BCUT2D eigenvalue weighted by Gasteiger charge is 2.34. The summed E-state index contributed by atoms with van der Waals surface area (Å²) in [6.45, 7) is 6.02. The number of esters is 1. The lowest BCUT2D eigenvalue weighted by molar-refractivity contribution is -0.134. The van der Waals surface area contributed by atoms with E-state index in [2.05, 4.69) is 4.74 Å². The second kappa shape index (κ2) is 10.4. The molecule has 0 aliphatic rings. The molecule has 0 heterocycles. The summed E-state index contributed by atoms with van der Waals surface area (Å²) >= 11 is 6.47. The predicted octanol–water partition coefficient (Wildman–Crippen LogP) is 3.87. The monoisotopic (exact) mass is 366 g/mol. The summed E-state index contributed by atoms with van der Waals surface area (Å²) in [4.78, 5) is 11.0. The second-order valence-electron chi connectivity index (χ2n) is 6.23. The maximum absolute atomic E-state index is 11.0. The number of alkyl halides is 1. The van der Waals surface area contributed by atoms with Gasteiger partial charge in [-0.1, -0.05) is 55.5 Å². The van der Waals surface area contributed by atoms with Crippen molar-refractivity contribution in [2.24, 2.45) is 5.92 Å². The molecule has 5 heteroatoms. The molecule has 1 rings (SSSR count). The molecule has 4 nitrogen and oxygen atoms in total. The molecule has 138 valence electrons. The zero-order valence-electron chi connectivity index (χ0n) is 15.2. The fourth-order valence-corrected chi connectivity index (χ4v) is 2.55. The van der Waals surface area contributed by atoms with Crippen LogP contribution in [-0.4, -0.2) is 35.3 Å². The SMILES string of the molecule is COC(=O)/C=C/C=C/[C@](C)(O)[C@H](Cl)[C@@H](C)[C@H](C)OCc1ccccc1. The van der Waals surface area contributed by atoms with E-state index in [9.17, 15) is 9.90 Å². The number of aliphatic hydroxyl groups is 1. The Morgan fingerprint density at radius 2 is 1.92 bits per heavy atom. The molecule has 0 saturated heterocycles. The number of hydrogen-bond donors (Lipinski definition) is 1. The van der Waals surface area contributed by atoms with E-state index in [1.165, 1.54) is 19.3 Å². The number of rotatable bonds is 9. The van der Waals surface area contributed by atoms with Gasteiger partial charge in [0.25, 0.3) is 0 Å². The Morgan fingerprint density at radius 3 is 2.52 bits per heavy atom. The smallest absolute Gasteiger partial charge is 0.330 e. The first-order chi connectivity index (χ1) is 11.8. The number of benzene rings is 1. The lowest BCUT2D eigenvalue weighted by Gasteiger charge is -2.33. The first kappa shape index (κ1) is 21.4. The van der Waals surface area contributed by atoms with Gasteiger partial charge in [-0.05, 0) is 19.4 Å². The predicted molar refractivity (Wildman–Crippen MR) is 100 cm³/mol. The summed E-state index contributed by atoms with van der Waals surface area (Å²) in [6.07, 6.45) is 5.78. The third kappa shape index (κ3) is 7.43. The van der Waals surface area contributed by atoms with Crippen molar-refractivity contribution in [1.29, 1.82) is 0 Å². The van der Waals surface area contributed by atoms with E-state index in [1.807, 2.05) is 44.2 Å². The van der Waals surface area contributed by atoms with Crippen molar-refractivity contribution >= 4 is 17.6 Å². The maximum atomic E-state index is 11.0. The normalized spacial score (nSPS) is 18.0. The van der Waals surface area contributed by atoms with Crippen molar-refractivity contribution in [3.63, 3.8) is 0 Å². The fourth-order valence-electron chi connectivity index (χ4n) is 2.27. The van der Waals surface area contributed by atoms with E-state index in [-0.39, 0.29) is 12.0 Å². The number of halogens is 1. The Balaban J connectivity index is 2.59. The molecule has 0 fully saturated rings. The van der Waals surface area contributed by atoms with Gasteiger partial charge in [0.1, 0.15) is 0 Å². The maximum Gasteiger partial charge on any atom is 0.330 e. The average Bonchev–Trinajstić information content (AvgIpc) is 2.62. The van der Waals surface area contributed by atoms with Crippen LogP contribution in [0.2, 0.25) is 0 Å². The Kier molecular flexibility index (Phi) is 8.90. The quantitative estimate of drug-likeness (QED) is 0.312. The molecular formula is C20H27ClO4. The van der Waals surface area contributed by atoms with Crippen molar-refractivity contribution in [1.82, 2.24) is 0 Å². The van der Waals surface area contributed by atoms with Gasteiger partial charge in [0.2, 0.25) is 0 Å². The fraction of sp³-hybridized carbons (Fsp3) is 0.450. The molecule has 0 aromatic heterocycles. The first-order valence-electron chi connectivity index (χ1n) is 8.23. The highest BCUT2D eigenvalue weighted by atomic mass is 35.5. The van der Waals surface area contributed by atoms with Crippen LogP contribution in [0, 0.1) is 5.92 Å². The standard InChI is InChI=1S/C20H27ClO4/c1-15(16(2)25-14-17-10-6-5-7-11-17)19(21)20(3,23)13-9-8-12-18(22)24-4/h5-13,15-16,19,23H,14H2,1-4H3/b12-8+,13-9+/t15-,16-,19+,20-/m0/s1. The number of ether oxygens (including phenoxy) is 2. The second-order valence-corrected chi connectivity index (χ2v) is 6.70. The lowest BCUT2D eigenvalue weighted by atomic mass is 9.89. The van der Waals surface area contributed by atoms with Gasteiger partial charge in [-0.15, -0.1) is 11.6 Å². The van der Waals surface area contributed by atoms with Crippen LogP contribution in [0.25, 0.3) is 0 Å². The third-order valence-corrected chi connectivity index (χ3v) is 4.93. The summed E-state index contributed by atoms with van der Waals surface area (Å²) in [6, 6.07) is 9.90.